The maximum atomic E-state index is 3.60. The Bertz CT molecular complexity index is 333. The molecule has 0 aliphatic heterocycles. The van der Waals surface area contributed by atoms with Gasteiger partial charge < -0.3 is 5.32 Å². The van der Waals surface area contributed by atoms with Crippen molar-refractivity contribution >= 4 is 15.9 Å². The van der Waals surface area contributed by atoms with Crippen molar-refractivity contribution < 1.29 is 0 Å². The molecule has 0 spiro atoms. The van der Waals surface area contributed by atoms with Crippen LogP contribution in [0.1, 0.15) is 44.2 Å². The van der Waals surface area contributed by atoms with Crippen molar-refractivity contribution in [3.63, 3.8) is 0 Å². The van der Waals surface area contributed by atoms with Crippen LogP contribution in [0.25, 0.3) is 0 Å². The van der Waals surface area contributed by atoms with E-state index < -0.39 is 0 Å². The van der Waals surface area contributed by atoms with Crippen LogP contribution in [-0.2, 0) is 0 Å². The molecule has 1 N–H and O–H groups in total. The molecule has 1 aliphatic carbocycles. The molecule has 1 aromatic carbocycles. The molecule has 1 nitrogen and oxygen atoms in total. The molecule has 88 valence electrons. The Hall–Kier alpha value is -0.340. The number of rotatable bonds is 5. The average molecular weight is 282 g/mol. The van der Waals surface area contributed by atoms with E-state index in [1.165, 1.54) is 31.2 Å². The van der Waals surface area contributed by atoms with Crippen LogP contribution in [-0.4, -0.2) is 6.54 Å². The highest BCUT2D eigenvalue weighted by Crippen LogP contribution is 2.29. The summed E-state index contributed by atoms with van der Waals surface area (Å²) < 4.78 is 1.16. The van der Waals surface area contributed by atoms with Crippen LogP contribution in [0.5, 0.6) is 0 Å². The van der Waals surface area contributed by atoms with E-state index in [-0.39, 0.29) is 0 Å². The standard InChI is InChI=1S/C14H20BrN/c1-11(13-6-3-7-14(15)10-13)16-9-8-12-4-2-5-12/h3,6-7,10-12,16H,2,4-5,8-9H2,1H3. The fourth-order valence-corrected chi connectivity index (χ4v) is 2.60. The Balaban J connectivity index is 1.76. The summed E-state index contributed by atoms with van der Waals surface area (Å²) in [5.74, 6) is 1.00. The van der Waals surface area contributed by atoms with Gasteiger partial charge in [0.15, 0.2) is 0 Å². The molecule has 0 radical (unpaired) electrons. The van der Waals surface area contributed by atoms with Gasteiger partial charge in [-0.25, -0.2) is 0 Å². The van der Waals surface area contributed by atoms with Gasteiger partial charge in [0, 0.05) is 10.5 Å². The Kier molecular flexibility index (Phi) is 4.42. The lowest BCUT2D eigenvalue weighted by atomic mass is 9.83. The minimum absolute atomic E-state index is 0.456. The van der Waals surface area contributed by atoms with Gasteiger partial charge >= 0.3 is 0 Å². The smallest absolute Gasteiger partial charge is 0.0292 e. The monoisotopic (exact) mass is 281 g/mol. The average Bonchev–Trinajstić information content (AvgIpc) is 2.21. The Morgan fingerprint density at radius 3 is 2.88 bits per heavy atom. The van der Waals surface area contributed by atoms with Crippen molar-refractivity contribution in [1.29, 1.82) is 0 Å². The zero-order valence-electron chi connectivity index (χ0n) is 9.88. The van der Waals surface area contributed by atoms with Crippen LogP contribution in [0, 0.1) is 5.92 Å². The second-order valence-electron chi connectivity index (χ2n) is 4.82. The summed E-state index contributed by atoms with van der Waals surface area (Å²) in [7, 11) is 0. The SMILES string of the molecule is CC(NCCC1CCC1)c1cccc(Br)c1. The topological polar surface area (TPSA) is 12.0 Å². The van der Waals surface area contributed by atoms with Gasteiger partial charge in [-0.15, -0.1) is 0 Å². The van der Waals surface area contributed by atoms with E-state index in [1.54, 1.807) is 0 Å². The lowest BCUT2D eigenvalue weighted by molar-refractivity contribution is 0.288. The summed E-state index contributed by atoms with van der Waals surface area (Å²) in [5, 5.41) is 3.60. The van der Waals surface area contributed by atoms with Gasteiger partial charge in [0.25, 0.3) is 0 Å². The fourth-order valence-electron chi connectivity index (χ4n) is 2.18. The van der Waals surface area contributed by atoms with Crippen molar-refractivity contribution in [2.24, 2.45) is 5.92 Å². The third-order valence-corrected chi connectivity index (χ3v) is 4.07. The number of hydrogen-bond donors (Lipinski definition) is 1. The van der Waals surface area contributed by atoms with E-state index in [2.05, 4.69) is 52.4 Å². The van der Waals surface area contributed by atoms with E-state index in [4.69, 9.17) is 0 Å². The fraction of sp³-hybridized carbons (Fsp3) is 0.571. The van der Waals surface area contributed by atoms with E-state index in [1.807, 2.05) is 0 Å². The molecular weight excluding hydrogens is 262 g/mol. The number of hydrogen-bond acceptors (Lipinski definition) is 1. The summed E-state index contributed by atoms with van der Waals surface area (Å²) in [6.45, 7) is 3.39. The third kappa shape index (κ3) is 3.33. The van der Waals surface area contributed by atoms with Gasteiger partial charge in [0.2, 0.25) is 0 Å². The van der Waals surface area contributed by atoms with Crippen molar-refractivity contribution in [3.8, 4) is 0 Å². The first-order valence-corrected chi connectivity index (χ1v) is 7.04. The lowest BCUT2D eigenvalue weighted by Gasteiger charge is -2.26. The highest BCUT2D eigenvalue weighted by molar-refractivity contribution is 9.10. The largest absolute Gasteiger partial charge is 0.310 e. The zero-order chi connectivity index (χ0) is 11.4. The van der Waals surface area contributed by atoms with Crippen LogP contribution in [0.2, 0.25) is 0 Å². The molecule has 2 heteroatoms. The molecule has 0 saturated heterocycles. The maximum Gasteiger partial charge on any atom is 0.0292 e. The highest BCUT2D eigenvalue weighted by Gasteiger charge is 2.16. The molecule has 0 bridgehead atoms. The molecule has 1 atom stereocenters. The molecule has 2 rings (SSSR count). The normalized spacial score (nSPS) is 18.1. The quantitative estimate of drug-likeness (QED) is 0.849. The summed E-state index contributed by atoms with van der Waals surface area (Å²) in [4.78, 5) is 0. The van der Waals surface area contributed by atoms with Gasteiger partial charge in [-0.05, 0) is 43.5 Å². The maximum absolute atomic E-state index is 3.60. The molecule has 0 aromatic heterocycles. The van der Waals surface area contributed by atoms with Crippen molar-refractivity contribution in [2.75, 3.05) is 6.54 Å². The molecule has 1 aromatic rings. The first kappa shape index (κ1) is 12.1. The molecule has 1 saturated carbocycles. The molecule has 0 amide bonds. The third-order valence-electron chi connectivity index (χ3n) is 3.58. The second kappa shape index (κ2) is 5.83. The van der Waals surface area contributed by atoms with Crippen molar-refractivity contribution in [2.45, 2.75) is 38.6 Å². The number of halogens is 1. The molecule has 1 unspecified atom stereocenters. The van der Waals surface area contributed by atoms with Gasteiger partial charge in [-0.2, -0.15) is 0 Å². The number of nitrogens with one attached hydrogen (secondary N) is 1. The highest BCUT2D eigenvalue weighted by atomic mass is 79.9. The van der Waals surface area contributed by atoms with Crippen LogP contribution >= 0.6 is 15.9 Å². The first-order chi connectivity index (χ1) is 7.75. The van der Waals surface area contributed by atoms with Gasteiger partial charge in [-0.1, -0.05) is 47.3 Å². The number of benzene rings is 1. The lowest BCUT2D eigenvalue weighted by Crippen LogP contribution is -2.24. The molecule has 1 fully saturated rings. The van der Waals surface area contributed by atoms with E-state index in [0.29, 0.717) is 6.04 Å². The minimum atomic E-state index is 0.456. The van der Waals surface area contributed by atoms with E-state index in [0.717, 1.165) is 16.9 Å². The van der Waals surface area contributed by atoms with E-state index >= 15 is 0 Å². The summed E-state index contributed by atoms with van der Waals surface area (Å²) >= 11 is 3.51. The van der Waals surface area contributed by atoms with Crippen LogP contribution < -0.4 is 5.32 Å². The minimum Gasteiger partial charge on any atom is -0.310 e. The molecule has 16 heavy (non-hydrogen) atoms. The summed E-state index contributed by atoms with van der Waals surface area (Å²) in [6, 6.07) is 9.01. The van der Waals surface area contributed by atoms with Crippen molar-refractivity contribution in [1.82, 2.24) is 5.32 Å². The predicted molar refractivity (Wildman–Crippen MR) is 72.5 cm³/mol. The zero-order valence-corrected chi connectivity index (χ0v) is 11.5. The van der Waals surface area contributed by atoms with Crippen LogP contribution in [0.15, 0.2) is 28.7 Å². The van der Waals surface area contributed by atoms with Crippen molar-refractivity contribution in [3.05, 3.63) is 34.3 Å². The summed E-state index contributed by atoms with van der Waals surface area (Å²) in [5.41, 5.74) is 1.36. The van der Waals surface area contributed by atoms with Crippen LogP contribution in [0.3, 0.4) is 0 Å². The summed E-state index contributed by atoms with van der Waals surface area (Å²) in [6.07, 6.45) is 5.70. The Morgan fingerprint density at radius 2 is 2.25 bits per heavy atom. The van der Waals surface area contributed by atoms with Gasteiger partial charge in [0.1, 0.15) is 0 Å². The second-order valence-corrected chi connectivity index (χ2v) is 5.73. The molecule has 1 aliphatic rings. The Labute approximate surface area is 107 Å². The van der Waals surface area contributed by atoms with Gasteiger partial charge in [0.05, 0.1) is 0 Å². The van der Waals surface area contributed by atoms with Gasteiger partial charge in [-0.3, -0.25) is 0 Å². The predicted octanol–water partition coefficient (Wildman–Crippen LogP) is 4.29. The molecular formula is C14H20BrN. The van der Waals surface area contributed by atoms with Crippen LogP contribution in [0.4, 0.5) is 0 Å². The first-order valence-electron chi connectivity index (χ1n) is 6.24. The Morgan fingerprint density at radius 1 is 1.44 bits per heavy atom. The van der Waals surface area contributed by atoms with E-state index in [9.17, 15) is 0 Å². The molecule has 0 heterocycles.